The third-order valence-corrected chi connectivity index (χ3v) is 7.43. The highest BCUT2D eigenvalue weighted by Gasteiger charge is 2.36. The third-order valence-electron chi connectivity index (χ3n) is 7.43. The van der Waals surface area contributed by atoms with Crippen molar-refractivity contribution in [1.82, 2.24) is 19.8 Å². The molecule has 2 aromatic heterocycles. The van der Waals surface area contributed by atoms with Gasteiger partial charge in [0.05, 0.1) is 6.42 Å². The fraction of sp³-hybridized carbons (Fsp3) is 0.379. The van der Waals surface area contributed by atoms with Gasteiger partial charge >= 0.3 is 0 Å². The number of hydrogen-bond acceptors (Lipinski definition) is 5. The molecule has 2 atom stereocenters. The average molecular weight is 484 g/mol. The van der Waals surface area contributed by atoms with Gasteiger partial charge in [-0.2, -0.15) is 0 Å². The lowest BCUT2D eigenvalue weighted by Crippen LogP contribution is -2.45. The molecule has 7 nitrogen and oxygen atoms in total. The van der Waals surface area contributed by atoms with Crippen LogP contribution in [0.15, 0.2) is 73.3 Å². The molecule has 0 N–H and O–H groups in total. The fourth-order valence-corrected chi connectivity index (χ4v) is 5.62. The van der Waals surface area contributed by atoms with Crippen LogP contribution in [0.2, 0.25) is 0 Å². The van der Waals surface area contributed by atoms with Crippen LogP contribution in [-0.4, -0.2) is 56.8 Å². The molecule has 186 valence electrons. The van der Waals surface area contributed by atoms with Crippen molar-refractivity contribution in [3.63, 3.8) is 0 Å². The minimum atomic E-state index is 0.0308. The number of nitrogens with zero attached hydrogens (tertiary/aromatic N) is 5. The Morgan fingerprint density at radius 1 is 0.889 bits per heavy atom. The summed E-state index contributed by atoms with van der Waals surface area (Å²) in [6, 6.07) is 16.5. The second kappa shape index (κ2) is 11.0. The molecule has 2 amide bonds. The van der Waals surface area contributed by atoms with E-state index in [0.717, 1.165) is 42.6 Å². The Labute approximate surface area is 212 Å². The first-order valence-corrected chi connectivity index (χ1v) is 12.8. The Hall–Kier alpha value is -3.58. The Kier molecular flexibility index (Phi) is 7.37. The van der Waals surface area contributed by atoms with Crippen molar-refractivity contribution in [3.8, 4) is 0 Å². The molecule has 2 aliphatic heterocycles. The number of para-hydroxylation sites is 1. The summed E-state index contributed by atoms with van der Waals surface area (Å²) in [6.07, 6.45) is 10.5. The number of amides is 2. The van der Waals surface area contributed by atoms with E-state index in [9.17, 15) is 9.59 Å². The second-order valence-electron chi connectivity index (χ2n) is 9.82. The predicted molar refractivity (Wildman–Crippen MR) is 139 cm³/mol. The Balaban J connectivity index is 1.49. The molecular weight excluding hydrogens is 450 g/mol. The standard InChI is InChI=1S/C29H33N5O2/c1-22(35)33-15-12-26-10-11-27(34(26)19-24-7-5-14-31-18-24)21-32(20-25-8-2-3-9-28(25)33)29(36)16-23-6-4-13-30-17-23/h2-9,13-14,17-18,26-27H,10-12,15-16,19-21H2,1H3. The van der Waals surface area contributed by atoms with Crippen LogP contribution >= 0.6 is 0 Å². The zero-order valence-corrected chi connectivity index (χ0v) is 20.8. The van der Waals surface area contributed by atoms with Crippen LogP contribution in [-0.2, 0) is 29.1 Å². The van der Waals surface area contributed by atoms with Crippen LogP contribution in [0.25, 0.3) is 0 Å². The molecule has 1 saturated heterocycles. The highest BCUT2D eigenvalue weighted by atomic mass is 16.2. The van der Waals surface area contributed by atoms with E-state index in [4.69, 9.17) is 0 Å². The van der Waals surface area contributed by atoms with Crippen molar-refractivity contribution in [1.29, 1.82) is 0 Å². The highest BCUT2D eigenvalue weighted by molar-refractivity contribution is 5.92. The van der Waals surface area contributed by atoms with E-state index in [0.29, 0.717) is 32.1 Å². The number of carbonyl (C=O) groups excluding carboxylic acids is 2. The van der Waals surface area contributed by atoms with Gasteiger partial charge in [0.1, 0.15) is 0 Å². The number of rotatable bonds is 4. The minimum absolute atomic E-state index is 0.0308. The molecule has 1 aromatic carbocycles. The molecule has 2 bridgehead atoms. The summed E-state index contributed by atoms with van der Waals surface area (Å²) in [6.45, 7) is 4.22. The number of anilines is 1. The van der Waals surface area contributed by atoms with Crippen LogP contribution in [0, 0.1) is 0 Å². The Morgan fingerprint density at radius 3 is 2.33 bits per heavy atom. The van der Waals surface area contributed by atoms with Crippen molar-refractivity contribution in [2.75, 3.05) is 18.0 Å². The summed E-state index contributed by atoms with van der Waals surface area (Å²) in [7, 11) is 0. The van der Waals surface area contributed by atoms with Gasteiger partial charge < -0.3 is 9.80 Å². The topological polar surface area (TPSA) is 69.6 Å². The van der Waals surface area contributed by atoms with Crippen LogP contribution < -0.4 is 4.90 Å². The molecule has 7 heteroatoms. The van der Waals surface area contributed by atoms with E-state index >= 15 is 0 Å². The van der Waals surface area contributed by atoms with Gasteiger partial charge in [0, 0.05) is 75.7 Å². The van der Waals surface area contributed by atoms with Gasteiger partial charge in [-0.25, -0.2) is 0 Å². The smallest absolute Gasteiger partial charge is 0.227 e. The monoisotopic (exact) mass is 483 g/mol. The maximum absolute atomic E-state index is 13.7. The molecule has 2 unspecified atom stereocenters. The number of fused-ring (bicyclic) bond motifs is 3. The van der Waals surface area contributed by atoms with Crippen LogP contribution in [0.1, 0.15) is 42.9 Å². The normalized spacial score (nSPS) is 20.5. The van der Waals surface area contributed by atoms with E-state index in [1.165, 1.54) is 5.56 Å². The molecule has 5 rings (SSSR count). The lowest BCUT2D eigenvalue weighted by molar-refractivity contribution is -0.132. The van der Waals surface area contributed by atoms with Crippen LogP contribution in [0.3, 0.4) is 0 Å². The molecule has 1 fully saturated rings. The molecule has 0 spiro atoms. The van der Waals surface area contributed by atoms with Gasteiger partial charge in [-0.1, -0.05) is 30.3 Å². The first-order chi connectivity index (χ1) is 17.6. The number of carbonyl (C=O) groups is 2. The van der Waals surface area contributed by atoms with E-state index < -0.39 is 0 Å². The predicted octanol–water partition coefficient (Wildman–Crippen LogP) is 3.84. The maximum atomic E-state index is 13.7. The van der Waals surface area contributed by atoms with Gasteiger partial charge in [0.15, 0.2) is 0 Å². The van der Waals surface area contributed by atoms with Crippen molar-refractivity contribution in [3.05, 3.63) is 90.0 Å². The number of pyridine rings is 2. The van der Waals surface area contributed by atoms with Crippen molar-refractivity contribution < 1.29 is 9.59 Å². The van der Waals surface area contributed by atoms with Crippen molar-refractivity contribution in [2.24, 2.45) is 0 Å². The molecule has 0 saturated carbocycles. The summed E-state index contributed by atoms with van der Waals surface area (Å²) in [5, 5.41) is 0. The van der Waals surface area contributed by atoms with E-state index in [1.54, 1.807) is 25.5 Å². The first-order valence-electron chi connectivity index (χ1n) is 12.8. The first kappa shape index (κ1) is 24.1. The fourth-order valence-electron chi connectivity index (χ4n) is 5.62. The Morgan fingerprint density at radius 2 is 1.61 bits per heavy atom. The second-order valence-corrected chi connectivity index (χ2v) is 9.82. The molecule has 36 heavy (non-hydrogen) atoms. The molecule has 0 aliphatic carbocycles. The lowest BCUT2D eigenvalue weighted by atomic mass is 10.1. The van der Waals surface area contributed by atoms with Gasteiger partial charge in [0.2, 0.25) is 11.8 Å². The van der Waals surface area contributed by atoms with E-state index in [1.807, 2.05) is 58.5 Å². The summed E-state index contributed by atoms with van der Waals surface area (Å²) >= 11 is 0. The van der Waals surface area contributed by atoms with Crippen LogP contribution in [0.4, 0.5) is 5.69 Å². The van der Waals surface area contributed by atoms with E-state index in [-0.39, 0.29) is 17.9 Å². The molecule has 3 aromatic rings. The lowest BCUT2D eigenvalue weighted by Gasteiger charge is -2.34. The number of benzene rings is 1. The summed E-state index contributed by atoms with van der Waals surface area (Å²) in [5.41, 5.74) is 3.99. The summed E-state index contributed by atoms with van der Waals surface area (Å²) in [5.74, 6) is 0.111. The number of aromatic nitrogens is 2. The van der Waals surface area contributed by atoms with Gasteiger partial charge in [-0.05, 0) is 54.2 Å². The molecule has 4 heterocycles. The number of hydrogen-bond donors (Lipinski definition) is 0. The van der Waals surface area contributed by atoms with E-state index in [2.05, 4.69) is 20.9 Å². The third kappa shape index (κ3) is 5.46. The van der Waals surface area contributed by atoms with Gasteiger partial charge in [-0.3, -0.25) is 24.5 Å². The SMILES string of the molecule is CC(=O)N1CCC2CCC(CN(C(=O)Cc3cccnc3)Cc3ccccc31)N2Cc1cccnc1. The average Bonchev–Trinajstić information content (AvgIpc) is 3.25. The van der Waals surface area contributed by atoms with Crippen molar-refractivity contribution in [2.45, 2.75) is 57.8 Å². The summed E-state index contributed by atoms with van der Waals surface area (Å²) in [4.78, 5) is 41.3. The summed E-state index contributed by atoms with van der Waals surface area (Å²) < 4.78 is 0. The zero-order valence-electron chi connectivity index (χ0n) is 20.8. The molecule has 2 aliphatic rings. The minimum Gasteiger partial charge on any atom is -0.336 e. The van der Waals surface area contributed by atoms with Crippen molar-refractivity contribution >= 4 is 17.5 Å². The zero-order chi connectivity index (χ0) is 24.9. The molecular formula is C29H33N5O2. The highest BCUT2D eigenvalue weighted by Crippen LogP contribution is 2.32. The Bertz CT molecular complexity index is 1190. The van der Waals surface area contributed by atoms with Crippen LogP contribution in [0.5, 0.6) is 0 Å². The largest absolute Gasteiger partial charge is 0.336 e. The maximum Gasteiger partial charge on any atom is 0.227 e. The van der Waals surface area contributed by atoms with Gasteiger partial charge in [0.25, 0.3) is 0 Å². The quantitative estimate of drug-likeness (QED) is 0.564. The van der Waals surface area contributed by atoms with Gasteiger partial charge in [-0.15, -0.1) is 0 Å². The molecule has 0 radical (unpaired) electrons.